The molecule has 0 saturated heterocycles. The Labute approximate surface area is 129 Å². The van der Waals surface area contributed by atoms with Crippen LogP contribution in [0.5, 0.6) is 11.5 Å². The van der Waals surface area contributed by atoms with E-state index in [2.05, 4.69) is 0 Å². The van der Waals surface area contributed by atoms with E-state index < -0.39 is 5.97 Å². The number of hydrogen-bond donors (Lipinski definition) is 1. The first kappa shape index (κ1) is 18.2. The highest BCUT2D eigenvalue weighted by atomic mass is 16.6. The molecule has 0 saturated carbocycles. The molecule has 7 heteroatoms. The summed E-state index contributed by atoms with van der Waals surface area (Å²) in [5.74, 6) is 0.144. The van der Waals surface area contributed by atoms with Crippen molar-refractivity contribution in [1.82, 2.24) is 0 Å². The number of carbonyl (C=O) groups is 1. The average Bonchev–Trinajstić information content (AvgIpc) is 2.52. The van der Waals surface area contributed by atoms with Crippen molar-refractivity contribution in [2.75, 3.05) is 53.4 Å². The molecule has 0 aliphatic carbocycles. The molecule has 0 aliphatic rings. The van der Waals surface area contributed by atoms with Gasteiger partial charge in [0.15, 0.2) is 6.61 Å². The molecule has 1 rings (SSSR count). The van der Waals surface area contributed by atoms with Gasteiger partial charge >= 0.3 is 5.97 Å². The second-order valence-electron chi connectivity index (χ2n) is 4.22. The number of rotatable bonds is 13. The van der Waals surface area contributed by atoms with Crippen molar-refractivity contribution in [3.63, 3.8) is 0 Å². The van der Waals surface area contributed by atoms with Gasteiger partial charge in [-0.05, 0) is 24.3 Å². The Morgan fingerprint density at radius 1 is 0.864 bits per heavy atom. The Kier molecular flexibility index (Phi) is 9.76. The van der Waals surface area contributed by atoms with Gasteiger partial charge in [-0.1, -0.05) is 0 Å². The van der Waals surface area contributed by atoms with Crippen LogP contribution in [0.25, 0.3) is 0 Å². The Morgan fingerprint density at radius 2 is 1.36 bits per heavy atom. The maximum atomic E-state index is 10.4. The van der Waals surface area contributed by atoms with E-state index in [1.165, 1.54) is 0 Å². The zero-order valence-electron chi connectivity index (χ0n) is 12.7. The summed E-state index contributed by atoms with van der Waals surface area (Å²) in [6.45, 7) is 2.70. The molecule has 1 aromatic carbocycles. The van der Waals surface area contributed by atoms with Gasteiger partial charge in [0, 0.05) is 7.11 Å². The number of carboxylic acid groups (broad SMARTS) is 1. The zero-order valence-corrected chi connectivity index (χ0v) is 12.7. The fourth-order valence-electron chi connectivity index (χ4n) is 1.46. The second-order valence-corrected chi connectivity index (χ2v) is 4.22. The summed E-state index contributed by atoms with van der Waals surface area (Å²) >= 11 is 0. The quantitative estimate of drug-likeness (QED) is 0.548. The Bertz CT molecular complexity index is 405. The topological polar surface area (TPSA) is 83.5 Å². The summed E-state index contributed by atoms with van der Waals surface area (Å²) in [6, 6.07) is 6.74. The van der Waals surface area contributed by atoms with E-state index in [1.807, 2.05) is 0 Å². The van der Waals surface area contributed by atoms with Crippen LogP contribution < -0.4 is 9.47 Å². The molecule has 0 fully saturated rings. The van der Waals surface area contributed by atoms with E-state index in [1.54, 1.807) is 31.4 Å². The van der Waals surface area contributed by atoms with Crippen LogP contribution in [0, 0.1) is 0 Å². The number of methoxy groups -OCH3 is 1. The number of carboxylic acids is 1. The number of hydrogen-bond acceptors (Lipinski definition) is 6. The van der Waals surface area contributed by atoms with E-state index in [9.17, 15) is 4.79 Å². The summed E-state index contributed by atoms with van der Waals surface area (Å²) in [7, 11) is 1.63. The first-order chi connectivity index (χ1) is 10.7. The normalized spacial score (nSPS) is 10.4. The van der Waals surface area contributed by atoms with Gasteiger partial charge in [-0.3, -0.25) is 0 Å². The van der Waals surface area contributed by atoms with E-state index >= 15 is 0 Å². The standard InChI is InChI=1S/C15H22O7/c1-18-6-7-19-8-9-20-10-11-21-13-2-4-14(5-3-13)22-12-15(16)17/h2-5H,6-12H2,1H3,(H,16,17). The molecule has 1 aromatic rings. The van der Waals surface area contributed by atoms with Gasteiger partial charge in [0.25, 0.3) is 0 Å². The lowest BCUT2D eigenvalue weighted by atomic mass is 10.3. The van der Waals surface area contributed by atoms with Crippen molar-refractivity contribution in [1.29, 1.82) is 0 Å². The molecular weight excluding hydrogens is 292 g/mol. The lowest BCUT2D eigenvalue weighted by molar-refractivity contribution is -0.139. The highest BCUT2D eigenvalue weighted by Crippen LogP contribution is 2.17. The summed E-state index contributed by atoms with van der Waals surface area (Å²) in [5, 5.41) is 8.50. The maximum Gasteiger partial charge on any atom is 0.341 e. The van der Waals surface area contributed by atoms with Gasteiger partial charge in [-0.2, -0.15) is 0 Å². The monoisotopic (exact) mass is 314 g/mol. The molecule has 0 spiro atoms. The fourth-order valence-corrected chi connectivity index (χ4v) is 1.46. The lowest BCUT2D eigenvalue weighted by Gasteiger charge is -2.08. The molecule has 0 amide bonds. The van der Waals surface area contributed by atoms with Crippen LogP contribution in [-0.4, -0.2) is 64.4 Å². The van der Waals surface area contributed by atoms with Crippen LogP contribution in [0.1, 0.15) is 0 Å². The minimum absolute atomic E-state index is 0.361. The van der Waals surface area contributed by atoms with Crippen LogP contribution in [0.2, 0.25) is 0 Å². The number of ether oxygens (including phenoxy) is 5. The smallest absolute Gasteiger partial charge is 0.341 e. The molecule has 0 bridgehead atoms. The number of aliphatic carboxylic acids is 1. The predicted octanol–water partition coefficient (Wildman–Crippen LogP) is 1.21. The van der Waals surface area contributed by atoms with E-state index in [4.69, 9.17) is 28.8 Å². The third-order valence-corrected chi connectivity index (χ3v) is 2.49. The molecule has 0 aromatic heterocycles. The van der Waals surface area contributed by atoms with Gasteiger partial charge < -0.3 is 28.8 Å². The summed E-state index contributed by atoms with van der Waals surface area (Å²) in [4.78, 5) is 10.4. The Hall–Kier alpha value is -1.83. The van der Waals surface area contributed by atoms with Crippen LogP contribution in [-0.2, 0) is 19.0 Å². The first-order valence-corrected chi connectivity index (χ1v) is 6.94. The van der Waals surface area contributed by atoms with Crippen molar-refractivity contribution in [3.8, 4) is 11.5 Å². The number of benzene rings is 1. The molecule has 0 radical (unpaired) electrons. The van der Waals surface area contributed by atoms with Crippen LogP contribution in [0.4, 0.5) is 0 Å². The van der Waals surface area contributed by atoms with Crippen molar-refractivity contribution >= 4 is 5.97 Å². The molecular formula is C15H22O7. The average molecular weight is 314 g/mol. The molecule has 7 nitrogen and oxygen atoms in total. The highest BCUT2D eigenvalue weighted by Gasteiger charge is 2.00. The molecule has 0 unspecified atom stereocenters. The lowest BCUT2D eigenvalue weighted by Crippen LogP contribution is -2.12. The van der Waals surface area contributed by atoms with E-state index in [-0.39, 0.29) is 6.61 Å². The highest BCUT2D eigenvalue weighted by molar-refractivity contribution is 5.68. The first-order valence-electron chi connectivity index (χ1n) is 6.94. The summed E-state index contributed by atoms with van der Waals surface area (Å²) in [6.07, 6.45) is 0. The molecule has 1 N–H and O–H groups in total. The largest absolute Gasteiger partial charge is 0.491 e. The molecule has 0 atom stereocenters. The third kappa shape index (κ3) is 9.17. The van der Waals surface area contributed by atoms with Gasteiger partial charge in [-0.25, -0.2) is 4.79 Å². The summed E-state index contributed by atoms with van der Waals surface area (Å²) in [5.41, 5.74) is 0. The van der Waals surface area contributed by atoms with Gasteiger partial charge in [0.2, 0.25) is 0 Å². The maximum absolute atomic E-state index is 10.4. The molecule has 124 valence electrons. The van der Waals surface area contributed by atoms with Crippen molar-refractivity contribution in [2.45, 2.75) is 0 Å². The van der Waals surface area contributed by atoms with E-state index in [0.29, 0.717) is 51.1 Å². The van der Waals surface area contributed by atoms with Gasteiger partial charge in [0.05, 0.1) is 33.0 Å². The van der Waals surface area contributed by atoms with Crippen molar-refractivity contribution in [3.05, 3.63) is 24.3 Å². The molecule has 0 aliphatic heterocycles. The second kappa shape index (κ2) is 11.8. The van der Waals surface area contributed by atoms with Crippen LogP contribution in [0.15, 0.2) is 24.3 Å². The van der Waals surface area contributed by atoms with Crippen molar-refractivity contribution < 1.29 is 33.6 Å². The van der Waals surface area contributed by atoms with Crippen LogP contribution >= 0.6 is 0 Å². The predicted molar refractivity (Wildman–Crippen MR) is 78.6 cm³/mol. The summed E-state index contributed by atoms with van der Waals surface area (Å²) < 4.78 is 25.9. The fraction of sp³-hybridized carbons (Fsp3) is 0.533. The Balaban J connectivity index is 2.04. The minimum Gasteiger partial charge on any atom is -0.491 e. The molecule has 0 heterocycles. The van der Waals surface area contributed by atoms with Crippen LogP contribution in [0.3, 0.4) is 0 Å². The Morgan fingerprint density at radius 3 is 1.91 bits per heavy atom. The van der Waals surface area contributed by atoms with Gasteiger partial charge in [0.1, 0.15) is 18.1 Å². The SMILES string of the molecule is COCCOCCOCCOc1ccc(OCC(=O)O)cc1. The van der Waals surface area contributed by atoms with E-state index in [0.717, 1.165) is 0 Å². The molecule has 22 heavy (non-hydrogen) atoms. The van der Waals surface area contributed by atoms with Crippen molar-refractivity contribution in [2.24, 2.45) is 0 Å². The third-order valence-electron chi connectivity index (χ3n) is 2.49. The zero-order chi connectivity index (χ0) is 16.0. The van der Waals surface area contributed by atoms with Gasteiger partial charge in [-0.15, -0.1) is 0 Å². The minimum atomic E-state index is -1.01.